The first-order valence-corrected chi connectivity index (χ1v) is 6.87. The average Bonchev–Trinajstić information content (AvgIpc) is 2.37. The fourth-order valence-electron chi connectivity index (χ4n) is 1.74. The summed E-state index contributed by atoms with van der Waals surface area (Å²) >= 11 is 3.23. The van der Waals surface area contributed by atoms with E-state index in [4.69, 9.17) is 10.5 Å². The molecule has 0 aliphatic heterocycles. The van der Waals surface area contributed by atoms with Crippen LogP contribution in [0.4, 0.5) is 4.39 Å². The molecule has 2 aromatic rings. The van der Waals surface area contributed by atoms with Crippen LogP contribution >= 0.6 is 15.9 Å². The van der Waals surface area contributed by atoms with Crippen LogP contribution in [-0.2, 0) is 0 Å². The minimum Gasteiger partial charge on any atom is -0.457 e. The molecule has 19 heavy (non-hydrogen) atoms. The minimum atomic E-state index is -0.339. The Bertz CT molecular complexity index is 536. The summed E-state index contributed by atoms with van der Waals surface area (Å²) in [6.45, 7) is 2.04. The second kappa shape index (κ2) is 6.17. The highest BCUT2D eigenvalue weighted by Crippen LogP contribution is 2.27. The predicted molar refractivity (Wildman–Crippen MR) is 77.8 cm³/mol. The standard InChI is InChI=1S/C15H15BrFNO/c1-2-15(18)10-3-5-13(6-4-10)19-14-8-11(16)7-12(17)9-14/h3-9,15H,2,18H2,1H3/t15-/m1/s1. The lowest BCUT2D eigenvalue weighted by Crippen LogP contribution is -2.07. The maximum absolute atomic E-state index is 13.2. The number of hydrogen-bond donors (Lipinski definition) is 1. The van der Waals surface area contributed by atoms with Gasteiger partial charge in [-0.2, -0.15) is 0 Å². The number of ether oxygens (including phenoxy) is 1. The van der Waals surface area contributed by atoms with Crippen LogP contribution in [-0.4, -0.2) is 0 Å². The Morgan fingerprint density at radius 2 is 1.84 bits per heavy atom. The van der Waals surface area contributed by atoms with Crippen LogP contribution < -0.4 is 10.5 Å². The van der Waals surface area contributed by atoms with Gasteiger partial charge in [0.2, 0.25) is 0 Å². The molecule has 0 heterocycles. The van der Waals surface area contributed by atoms with E-state index in [0.29, 0.717) is 16.0 Å². The van der Waals surface area contributed by atoms with E-state index in [2.05, 4.69) is 15.9 Å². The molecule has 0 radical (unpaired) electrons. The first kappa shape index (κ1) is 14.0. The summed E-state index contributed by atoms with van der Waals surface area (Å²) in [6.07, 6.45) is 0.886. The third kappa shape index (κ3) is 3.78. The third-order valence-corrected chi connectivity index (χ3v) is 3.28. The normalized spacial score (nSPS) is 12.2. The van der Waals surface area contributed by atoms with Crippen molar-refractivity contribution in [1.82, 2.24) is 0 Å². The highest BCUT2D eigenvalue weighted by atomic mass is 79.9. The molecule has 1 atom stereocenters. The van der Waals surface area contributed by atoms with Gasteiger partial charge in [0.1, 0.15) is 17.3 Å². The molecule has 0 aliphatic carbocycles. The topological polar surface area (TPSA) is 35.2 Å². The fraction of sp³-hybridized carbons (Fsp3) is 0.200. The maximum atomic E-state index is 13.2. The molecule has 0 saturated carbocycles. The van der Waals surface area contributed by atoms with E-state index in [9.17, 15) is 4.39 Å². The predicted octanol–water partition coefficient (Wildman–Crippen LogP) is 4.79. The Morgan fingerprint density at radius 3 is 2.42 bits per heavy atom. The molecule has 0 unspecified atom stereocenters. The molecular weight excluding hydrogens is 309 g/mol. The van der Waals surface area contributed by atoms with Crippen molar-refractivity contribution in [3.8, 4) is 11.5 Å². The smallest absolute Gasteiger partial charge is 0.131 e. The minimum absolute atomic E-state index is 0.0392. The van der Waals surface area contributed by atoms with Crippen molar-refractivity contribution in [2.24, 2.45) is 5.73 Å². The first-order valence-electron chi connectivity index (χ1n) is 6.08. The van der Waals surface area contributed by atoms with Gasteiger partial charge in [0.05, 0.1) is 0 Å². The summed E-state index contributed by atoms with van der Waals surface area (Å²) in [7, 11) is 0. The molecule has 2 aromatic carbocycles. The maximum Gasteiger partial charge on any atom is 0.131 e. The second-order valence-electron chi connectivity index (χ2n) is 4.29. The van der Waals surface area contributed by atoms with Crippen molar-refractivity contribution in [1.29, 1.82) is 0 Å². The number of hydrogen-bond acceptors (Lipinski definition) is 2. The molecule has 0 amide bonds. The van der Waals surface area contributed by atoms with Crippen LogP contribution in [0, 0.1) is 5.82 Å². The summed E-state index contributed by atoms with van der Waals surface area (Å²) in [5, 5.41) is 0. The van der Waals surface area contributed by atoms with E-state index in [1.165, 1.54) is 12.1 Å². The molecule has 0 saturated heterocycles. The molecule has 0 bridgehead atoms. The molecule has 2 rings (SSSR count). The average molecular weight is 324 g/mol. The lowest BCUT2D eigenvalue weighted by molar-refractivity contribution is 0.476. The number of benzene rings is 2. The zero-order chi connectivity index (χ0) is 13.8. The Hall–Kier alpha value is -1.39. The van der Waals surface area contributed by atoms with E-state index in [1.54, 1.807) is 6.07 Å². The second-order valence-corrected chi connectivity index (χ2v) is 5.21. The van der Waals surface area contributed by atoms with E-state index in [1.807, 2.05) is 31.2 Å². The van der Waals surface area contributed by atoms with Crippen molar-refractivity contribution in [3.05, 3.63) is 58.3 Å². The van der Waals surface area contributed by atoms with Crippen LogP contribution in [0.2, 0.25) is 0 Å². The van der Waals surface area contributed by atoms with Crippen LogP contribution in [0.1, 0.15) is 24.9 Å². The summed E-state index contributed by atoms with van der Waals surface area (Å²) in [5.74, 6) is 0.776. The highest BCUT2D eigenvalue weighted by Gasteiger charge is 2.05. The fourth-order valence-corrected chi connectivity index (χ4v) is 2.19. The molecule has 100 valence electrons. The van der Waals surface area contributed by atoms with Crippen molar-refractivity contribution in [2.75, 3.05) is 0 Å². The van der Waals surface area contributed by atoms with Gasteiger partial charge in [0.15, 0.2) is 0 Å². The van der Waals surface area contributed by atoms with Gasteiger partial charge in [0.25, 0.3) is 0 Å². The third-order valence-electron chi connectivity index (χ3n) is 2.82. The van der Waals surface area contributed by atoms with Gasteiger partial charge >= 0.3 is 0 Å². The summed E-state index contributed by atoms with van der Waals surface area (Å²) in [6, 6.07) is 12.0. The SMILES string of the molecule is CC[C@@H](N)c1ccc(Oc2cc(F)cc(Br)c2)cc1. The van der Waals surface area contributed by atoms with Gasteiger partial charge < -0.3 is 10.5 Å². The Balaban J connectivity index is 2.15. The number of rotatable bonds is 4. The molecular formula is C15H15BrFNO. The first-order chi connectivity index (χ1) is 9.08. The summed E-state index contributed by atoms with van der Waals surface area (Å²) in [4.78, 5) is 0. The quantitative estimate of drug-likeness (QED) is 0.877. The Kier molecular flexibility index (Phi) is 4.56. The van der Waals surface area contributed by atoms with E-state index in [-0.39, 0.29) is 11.9 Å². The van der Waals surface area contributed by atoms with Crippen molar-refractivity contribution in [2.45, 2.75) is 19.4 Å². The molecule has 2 nitrogen and oxygen atoms in total. The van der Waals surface area contributed by atoms with E-state index in [0.717, 1.165) is 12.0 Å². The highest BCUT2D eigenvalue weighted by molar-refractivity contribution is 9.10. The van der Waals surface area contributed by atoms with Crippen molar-refractivity contribution < 1.29 is 9.13 Å². The van der Waals surface area contributed by atoms with Crippen LogP contribution in [0.5, 0.6) is 11.5 Å². The lowest BCUT2D eigenvalue weighted by Gasteiger charge is -2.11. The lowest BCUT2D eigenvalue weighted by atomic mass is 10.1. The van der Waals surface area contributed by atoms with E-state index < -0.39 is 0 Å². The van der Waals surface area contributed by atoms with Gasteiger partial charge in [0, 0.05) is 16.6 Å². The zero-order valence-electron chi connectivity index (χ0n) is 10.6. The van der Waals surface area contributed by atoms with Crippen LogP contribution in [0.3, 0.4) is 0 Å². The summed E-state index contributed by atoms with van der Waals surface area (Å²) < 4.78 is 19.5. The van der Waals surface area contributed by atoms with Crippen molar-refractivity contribution in [3.63, 3.8) is 0 Å². The Morgan fingerprint density at radius 1 is 1.16 bits per heavy atom. The summed E-state index contributed by atoms with van der Waals surface area (Å²) in [5.41, 5.74) is 7.01. The molecule has 0 aliphatic rings. The Labute approximate surface area is 120 Å². The van der Waals surface area contributed by atoms with Crippen molar-refractivity contribution >= 4 is 15.9 Å². The molecule has 2 N–H and O–H groups in total. The molecule has 0 fully saturated rings. The molecule has 0 spiro atoms. The zero-order valence-corrected chi connectivity index (χ0v) is 12.2. The monoisotopic (exact) mass is 323 g/mol. The van der Waals surface area contributed by atoms with Gasteiger partial charge in [-0.25, -0.2) is 4.39 Å². The van der Waals surface area contributed by atoms with Gasteiger partial charge in [-0.3, -0.25) is 0 Å². The molecule has 0 aromatic heterocycles. The van der Waals surface area contributed by atoms with Crippen LogP contribution in [0.15, 0.2) is 46.9 Å². The molecule has 4 heteroatoms. The van der Waals surface area contributed by atoms with Crippen LogP contribution in [0.25, 0.3) is 0 Å². The van der Waals surface area contributed by atoms with Gasteiger partial charge in [-0.05, 0) is 36.2 Å². The van der Waals surface area contributed by atoms with E-state index >= 15 is 0 Å². The van der Waals surface area contributed by atoms with Gasteiger partial charge in [-0.1, -0.05) is 35.0 Å². The van der Waals surface area contributed by atoms with Gasteiger partial charge in [-0.15, -0.1) is 0 Å². The largest absolute Gasteiger partial charge is 0.457 e. The number of halogens is 2. The number of nitrogens with two attached hydrogens (primary N) is 1.